The van der Waals surface area contributed by atoms with Gasteiger partial charge in [-0.25, -0.2) is 0 Å². The van der Waals surface area contributed by atoms with Crippen LogP contribution in [0.5, 0.6) is 0 Å². The number of unbranched alkanes of at least 4 members (excludes halogenated alkanes) is 1. The Labute approximate surface area is 112 Å². The van der Waals surface area contributed by atoms with Crippen molar-refractivity contribution >= 4 is 5.91 Å². The number of hydrogen-bond acceptors (Lipinski definition) is 2. The van der Waals surface area contributed by atoms with E-state index in [9.17, 15) is 18.0 Å². The highest BCUT2D eigenvalue weighted by Crippen LogP contribution is 2.21. The van der Waals surface area contributed by atoms with Crippen LogP contribution in [-0.4, -0.2) is 42.7 Å². The molecular weight excluding hydrogens is 257 g/mol. The summed E-state index contributed by atoms with van der Waals surface area (Å²) in [6.07, 6.45) is -1.01. The zero-order chi connectivity index (χ0) is 14.3. The first kappa shape index (κ1) is 16.3. The molecule has 0 aliphatic carbocycles. The van der Waals surface area contributed by atoms with Gasteiger partial charge in [-0.1, -0.05) is 0 Å². The number of hydrogen-bond donors (Lipinski definition) is 1. The SMILES string of the molecule is CC(NCCCCC(F)(F)F)C(=O)N1CCCCC1. The molecule has 1 amide bonds. The topological polar surface area (TPSA) is 32.3 Å². The molecule has 1 N–H and O–H groups in total. The third-order valence-electron chi connectivity index (χ3n) is 3.38. The van der Waals surface area contributed by atoms with E-state index in [2.05, 4.69) is 5.32 Å². The molecule has 0 aromatic heterocycles. The van der Waals surface area contributed by atoms with E-state index in [1.54, 1.807) is 6.92 Å². The smallest absolute Gasteiger partial charge is 0.341 e. The molecule has 1 aliphatic heterocycles. The van der Waals surface area contributed by atoms with Gasteiger partial charge in [0.25, 0.3) is 0 Å². The van der Waals surface area contributed by atoms with Crippen molar-refractivity contribution in [1.29, 1.82) is 0 Å². The minimum absolute atomic E-state index is 0.0653. The Morgan fingerprint density at radius 2 is 1.84 bits per heavy atom. The van der Waals surface area contributed by atoms with Crippen LogP contribution < -0.4 is 5.32 Å². The quantitative estimate of drug-likeness (QED) is 0.759. The van der Waals surface area contributed by atoms with Gasteiger partial charge in [0, 0.05) is 19.5 Å². The standard InChI is InChI=1S/C13H23F3N2O/c1-11(12(19)18-9-5-2-6-10-18)17-8-4-3-7-13(14,15)16/h11,17H,2-10H2,1H3. The summed E-state index contributed by atoms with van der Waals surface area (Å²) in [6.45, 7) is 3.84. The van der Waals surface area contributed by atoms with Gasteiger partial charge in [0.05, 0.1) is 6.04 Å². The van der Waals surface area contributed by atoms with Crippen LogP contribution in [0.25, 0.3) is 0 Å². The fourth-order valence-electron chi connectivity index (χ4n) is 2.24. The van der Waals surface area contributed by atoms with Crippen LogP contribution in [0.4, 0.5) is 13.2 Å². The Morgan fingerprint density at radius 1 is 1.21 bits per heavy atom. The lowest BCUT2D eigenvalue weighted by molar-refractivity contribution is -0.136. The van der Waals surface area contributed by atoms with E-state index in [-0.39, 0.29) is 18.4 Å². The molecular formula is C13H23F3N2O. The molecule has 1 heterocycles. The van der Waals surface area contributed by atoms with Gasteiger partial charge in [0.2, 0.25) is 5.91 Å². The molecule has 19 heavy (non-hydrogen) atoms. The second-order valence-corrected chi connectivity index (χ2v) is 5.13. The van der Waals surface area contributed by atoms with E-state index in [1.807, 2.05) is 4.90 Å². The van der Waals surface area contributed by atoms with Gasteiger partial charge in [-0.05, 0) is 45.6 Å². The number of alkyl halides is 3. The summed E-state index contributed by atoms with van der Waals surface area (Å²) in [5.41, 5.74) is 0. The number of carbonyl (C=O) groups is 1. The molecule has 1 fully saturated rings. The van der Waals surface area contributed by atoms with Gasteiger partial charge in [0.1, 0.15) is 0 Å². The second kappa shape index (κ2) is 7.72. The minimum atomic E-state index is -4.07. The summed E-state index contributed by atoms with van der Waals surface area (Å²) >= 11 is 0. The molecule has 0 saturated carbocycles. The molecule has 1 aliphatic rings. The Balaban J connectivity index is 2.12. The first-order valence-corrected chi connectivity index (χ1v) is 6.99. The van der Waals surface area contributed by atoms with Crippen molar-refractivity contribution in [2.24, 2.45) is 0 Å². The van der Waals surface area contributed by atoms with Crippen LogP contribution in [-0.2, 0) is 4.79 Å². The molecule has 0 aromatic carbocycles. The average Bonchev–Trinajstić information content (AvgIpc) is 2.37. The Hall–Kier alpha value is -0.780. The van der Waals surface area contributed by atoms with Gasteiger partial charge < -0.3 is 10.2 Å². The number of carbonyl (C=O) groups excluding carboxylic acids is 1. The Kier molecular flexibility index (Phi) is 6.62. The predicted molar refractivity (Wildman–Crippen MR) is 67.8 cm³/mol. The third kappa shape index (κ3) is 6.80. The number of piperidine rings is 1. The molecule has 3 nitrogen and oxygen atoms in total. The van der Waals surface area contributed by atoms with E-state index in [0.717, 1.165) is 25.9 Å². The zero-order valence-electron chi connectivity index (χ0n) is 11.4. The van der Waals surface area contributed by atoms with Gasteiger partial charge in [0.15, 0.2) is 0 Å². The van der Waals surface area contributed by atoms with Crippen molar-refractivity contribution in [3.63, 3.8) is 0 Å². The summed E-state index contributed by atoms with van der Waals surface area (Å²) in [5, 5.41) is 3.01. The lowest BCUT2D eigenvalue weighted by Crippen LogP contribution is -2.47. The van der Waals surface area contributed by atoms with Gasteiger partial charge in [-0.3, -0.25) is 4.79 Å². The van der Waals surface area contributed by atoms with E-state index in [1.165, 1.54) is 6.42 Å². The number of rotatable bonds is 6. The van der Waals surface area contributed by atoms with E-state index in [0.29, 0.717) is 13.0 Å². The molecule has 0 spiro atoms. The third-order valence-corrected chi connectivity index (χ3v) is 3.38. The number of nitrogens with one attached hydrogen (secondary N) is 1. The van der Waals surface area contributed by atoms with Crippen LogP contribution in [0.15, 0.2) is 0 Å². The summed E-state index contributed by atoms with van der Waals surface area (Å²) in [6, 6.07) is -0.302. The molecule has 6 heteroatoms. The van der Waals surface area contributed by atoms with Gasteiger partial charge >= 0.3 is 6.18 Å². The lowest BCUT2D eigenvalue weighted by Gasteiger charge is -2.29. The molecule has 1 rings (SSSR count). The second-order valence-electron chi connectivity index (χ2n) is 5.13. The first-order valence-electron chi connectivity index (χ1n) is 6.99. The molecule has 0 aromatic rings. The van der Waals surface area contributed by atoms with Crippen LogP contribution in [0.3, 0.4) is 0 Å². The van der Waals surface area contributed by atoms with Crippen LogP contribution in [0.2, 0.25) is 0 Å². The molecule has 112 valence electrons. The highest BCUT2D eigenvalue weighted by Gasteiger charge is 2.26. The summed E-state index contributed by atoms with van der Waals surface area (Å²) in [7, 11) is 0. The van der Waals surface area contributed by atoms with Crippen molar-refractivity contribution < 1.29 is 18.0 Å². The Bertz CT molecular complexity index is 276. The molecule has 0 radical (unpaired) electrons. The minimum Gasteiger partial charge on any atom is -0.341 e. The van der Waals surface area contributed by atoms with Crippen molar-refractivity contribution in [3.05, 3.63) is 0 Å². The number of nitrogens with zero attached hydrogens (tertiary/aromatic N) is 1. The van der Waals surface area contributed by atoms with Crippen LogP contribution in [0.1, 0.15) is 45.4 Å². The molecule has 0 bridgehead atoms. The largest absolute Gasteiger partial charge is 0.389 e. The number of likely N-dealkylation sites (tertiary alicyclic amines) is 1. The average molecular weight is 280 g/mol. The van der Waals surface area contributed by atoms with Crippen molar-refractivity contribution in [1.82, 2.24) is 10.2 Å². The molecule has 1 atom stereocenters. The highest BCUT2D eigenvalue weighted by molar-refractivity contribution is 5.81. The monoisotopic (exact) mass is 280 g/mol. The maximum absolute atomic E-state index is 12.0. The lowest BCUT2D eigenvalue weighted by atomic mass is 10.1. The summed E-state index contributed by atoms with van der Waals surface area (Å²) in [4.78, 5) is 13.8. The fraction of sp³-hybridized carbons (Fsp3) is 0.923. The molecule has 1 unspecified atom stereocenters. The van der Waals surface area contributed by atoms with E-state index < -0.39 is 12.6 Å². The maximum atomic E-state index is 12.0. The normalized spacial score (nSPS) is 18.4. The Morgan fingerprint density at radius 3 is 2.42 bits per heavy atom. The summed E-state index contributed by atoms with van der Waals surface area (Å²) < 4.78 is 35.8. The number of amides is 1. The first-order chi connectivity index (χ1) is 8.90. The van der Waals surface area contributed by atoms with Crippen LogP contribution in [0, 0.1) is 0 Å². The van der Waals surface area contributed by atoms with E-state index in [4.69, 9.17) is 0 Å². The van der Waals surface area contributed by atoms with Crippen molar-refractivity contribution in [2.75, 3.05) is 19.6 Å². The number of halogens is 3. The maximum Gasteiger partial charge on any atom is 0.389 e. The fourth-order valence-corrected chi connectivity index (χ4v) is 2.24. The van der Waals surface area contributed by atoms with Gasteiger partial charge in [-0.2, -0.15) is 13.2 Å². The predicted octanol–water partition coefficient (Wildman–Crippen LogP) is 2.71. The van der Waals surface area contributed by atoms with Crippen LogP contribution >= 0.6 is 0 Å². The van der Waals surface area contributed by atoms with Crippen molar-refractivity contribution in [3.8, 4) is 0 Å². The molecule has 1 saturated heterocycles. The highest BCUT2D eigenvalue weighted by atomic mass is 19.4. The van der Waals surface area contributed by atoms with Crippen molar-refractivity contribution in [2.45, 2.75) is 57.7 Å². The van der Waals surface area contributed by atoms with E-state index >= 15 is 0 Å². The zero-order valence-corrected chi connectivity index (χ0v) is 11.4. The van der Waals surface area contributed by atoms with Gasteiger partial charge in [-0.15, -0.1) is 0 Å². The summed E-state index contributed by atoms with van der Waals surface area (Å²) in [5.74, 6) is 0.0653.